The van der Waals surface area contributed by atoms with E-state index in [0.717, 1.165) is 22.0 Å². The van der Waals surface area contributed by atoms with E-state index in [4.69, 9.17) is 0 Å². The Morgan fingerprint density at radius 1 is 1.11 bits per heavy atom. The van der Waals surface area contributed by atoms with Crippen LogP contribution >= 0.6 is 0 Å². The Balaban J connectivity index is 2.10. The Morgan fingerprint density at radius 2 is 1.89 bits per heavy atom. The Morgan fingerprint density at radius 3 is 2.68 bits per heavy atom. The van der Waals surface area contributed by atoms with Crippen LogP contribution < -0.4 is 0 Å². The minimum atomic E-state index is -0.149. The quantitative estimate of drug-likeness (QED) is 0.738. The van der Waals surface area contributed by atoms with Gasteiger partial charge in [-0.3, -0.25) is 5.10 Å². The van der Waals surface area contributed by atoms with E-state index in [-0.39, 0.29) is 5.82 Å². The first-order valence-corrected chi connectivity index (χ1v) is 6.32. The second-order valence-electron chi connectivity index (χ2n) is 4.89. The second kappa shape index (κ2) is 4.50. The van der Waals surface area contributed by atoms with Gasteiger partial charge in [0.05, 0.1) is 11.7 Å². The molecule has 0 aliphatic carbocycles. The molecule has 19 heavy (non-hydrogen) atoms. The molecule has 0 aliphatic rings. The molecule has 0 saturated carbocycles. The average molecular weight is 254 g/mol. The number of rotatable bonds is 2. The number of hydrogen-bond acceptors (Lipinski definition) is 1. The predicted molar refractivity (Wildman–Crippen MR) is 74.8 cm³/mol. The zero-order chi connectivity index (χ0) is 13.4. The summed E-state index contributed by atoms with van der Waals surface area (Å²) in [5, 5.41) is 8.19. The van der Waals surface area contributed by atoms with Crippen LogP contribution in [0.3, 0.4) is 0 Å². The van der Waals surface area contributed by atoms with Crippen molar-refractivity contribution in [1.82, 2.24) is 10.2 Å². The largest absolute Gasteiger partial charge is 0.278 e. The molecule has 2 nitrogen and oxygen atoms in total. The van der Waals surface area contributed by atoms with Crippen LogP contribution in [0.5, 0.6) is 0 Å². The van der Waals surface area contributed by atoms with Gasteiger partial charge in [-0.25, -0.2) is 4.39 Å². The zero-order valence-corrected chi connectivity index (χ0v) is 11.0. The summed E-state index contributed by atoms with van der Waals surface area (Å²) in [5.41, 5.74) is 5.28. The minimum Gasteiger partial charge on any atom is -0.278 e. The summed E-state index contributed by atoms with van der Waals surface area (Å²) in [7, 11) is 0. The van der Waals surface area contributed by atoms with Crippen LogP contribution in [0.25, 0.3) is 10.9 Å². The third kappa shape index (κ3) is 2.01. The molecule has 3 heteroatoms. The molecule has 0 aliphatic heterocycles. The highest BCUT2D eigenvalue weighted by molar-refractivity contribution is 5.83. The average Bonchev–Trinajstić information content (AvgIpc) is 2.86. The van der Waals surface area contributed by atoms with Crippen LogP contribution in [0.1, 0.15) is 22.3 Å². The van der Waals surface area contributed by atoms with Crippen molar-refractivity contribution < 1.29 is 4.39 Å². The highest BCUT2D eigenvalue weighted by atomic mass is 19.1. The van der Waals surface area contributed by atoms with Crippen molar-refractivity contribution in [2.75, 3.05) is 0 Å². The fourth-order valence-corrected chi connectivity index (χ4v) is 2.46. The van der Waals surface area contributed by atoms with Crippen molar-refractivity contribution in [2.45, 2.75) is 20.3 Å². The lowest BCUT2D eigenvalue weighted by Crippen LogP contribution is -1.97. The molecule has 1 aromatic heterocycles. The zero-order valence-electron chi connectivity index (χ0n) is 11.0. The number of aromatic amines is 1. The lowest BCUT2D eigenvalue weighted by atomic mass is 9.95. The summed E-state index contributed by atoms with van der Waals surface area (Å²) >= 11 is 0. The van der Waals surface area contributed by atoms with Crippen molar-refractivity contribution in [2.24, 2.45) is 0 Å². The van der Waals surface area contributed by atoms with Crippen molar-refractivity contribution in [1.29, 1.82) is 0 Å². The van der Waals surface area contributed by atoms with Gasteiger partial charge in [-0.05, 0) is 48.2 Å². The minimum absolute atomic E-state index is 0.149. The van der Waals surface area contributed by atoms with Gasteiger partial charge in [0.25, 0.3) is 0 Å². The van der Waals surface area contributed by atoms with E-state index in [9.17, 15) is 4.39 Å². The van der Waals surface area contributed by atoms with E-state index in [1.165, 1.54) is 17.2 Å². The molecular formula is C16H15FN2. The molecule has 2 aromatic carbocycles. The molecule has 0 spiro atoms. The number of halogens is 1. The standard InChI is InChI=1S/C16H15FN2/c1-10-11(2)14-9-18-19-16(14)8-13(10)7-12-5-3-4-6-15(12)17/h3-6,8-9H,7H2,1-2H3,(H,18,19). The number of aromatic nitrogens is 2. The van der Waals surface area contributed by atoms with E-state index in [0.29, 0.717) is 6.42 Å². The van der Waals surface area contributed by atoms with Gasteiger partial charge >= 0.3 is 0 Å². The molecule has 1 heterocycles. The van der Waals surface area contributed by atoms with Crippen LogP contribution in [0, 0.1) is 19.7 Å². The second-order valence-corrected chi connectivity index (χ2v) is 4.89. The SMILES string of the molecule is Cc1c(Cc2ccccc2F)cc2[nH]ncc2c1C. The fourth-order valence-electron chi connectivity index (χ4n) is 2.46. The molecule has 0 bridgehead atoms. The highest BCUT2D eigenvalue weighted by Crippen LogP contribution is 2.25. The third-order valence-corrected chi connectivity index (χ3v) is 3.77. The summed E-state index contributed by atoms with van der Waals surface area (Å²) < 4.78 is 13.7. The summed E-state index contributed by atoms with van der Waals surface area (Å²) in [6.45, 7) is 4.16. The van der Waals surface area contributed by atoms with E-state index in [1.54, 1.807) is 6.07 Å². The van der Waals surface area contributed by atoms with Gasteiger partial charge < -0.3 is 0 Å². The Hall–Kier alpha value is -2.16. The molecule has 0 radical (unpaired) electrons. The van der Waals surface area contributed by atoms with Crippen LogP contribution in [-0.2, 0) is 6.42 Å². The first-order valence-electron chi connectivity index (χ1n) is 6.32. The van der Waals surface area contributed by atoms with Crippen molar-refractivity contribution in [3.63, 3.8) is 0 Å². The van der Waals surface area contributed by atoms with Gasteiger partial charge in [-0.15, -0.1) is 0 Å². The third-order valence-electron chi connectivity index (χ3n) is 3.77. The summed E-state index contributed by atoms with van der Waals surface area (Å²) in [6, 6.07) is 9.00. The topological polar surface area (TPSA) is 28.7 Å². The lowest BCUT2D eigenvalue weighted by Gasteiger charge is -2.10. The molecule has 96 valence electrons. The molecule has 3 rings (SSSR count). The van der Waals surface area contributed by atoms with Crippen LogP contribution in [-0.4, -0.2) is 10.2 Å². The van der Waals surface area contributed by atoms with Gasteiger partial charge in [0.1, 0.15) is 5.82 Å². The number of H-pyrrole nitrogens is 1. The number of nitrogens with one attached hydrogen (secondary N) is 1. The summed E-state index contributed by atoms with van der Waals surface area (Å²) in [4.78, 5) is 0. The smallest absolute Gasteiger partial charge is 0.126 e. The Kier molecular flexibility index (Phi) is 2.82. The van der Waals surface area contributed by atoms with Gasteiger partial charge in [-0.2, -0.15) is 5.10 Å². The highest BCUT2D eigenvalue weighted by Gasteiger charge is 2.10. The van der Waals surface area contributed by atoms with Crippen LogP contribution in [0.15, 0.2) is 36.5 Å². The number of fused-ring (bicyclic) bond motifs is 1. The van der Waals surface area contributed by atoms with Gasteiger partial charge in [0.15, 0.2) is 0 Å². The number of nitrogens with zero attached hydrogens (tertiary/aromatic N) is 1. The molecule has 0 unspecified atom stereocenters. The van der Waals surface area contributed by atoms with Crippen molar-refractivity contribution >= 4 is 10.9 Å². The number of benzene rings is 2. The predicted octanol–water partition coefficient (Wildman–Crippen LogP) is 3.91. The first-order chi connectivity index (χ1) is 9.16. The summed E-state index contributed by atoms with van der Waals surface area (Å²) in [6.07, 6.45) is 2.44. The molecular weight excluding hydrogens is 239 g/mol. The van der Waals surface area contributed by atoms with Crippen LogP contribution in [0.4, 0.5) is 4.39 Å². The summed E-state index contributed by atoms with van der Waals surface area (Å²) in [5.74, 6) is -0.149. The van der Waals surface area contributed by atoms with Gasteiger partial charge in [0, 0.05) is 11.8 Å². The fraction of sp³-hybridized carbons (Fsp3) is 0.188. The van der Waals surface area contributed by atoms with E-state index in [2.05, 4.69) is 30.1 Å². The normalized spacial score (nSPS) is 11.1. The monoisotopic (exact) mass is 254 g/mol. The van der Waals surface area contributed by atoms with E-state index < -0.39 is 0 Å². The maximum Gasteiger partial charge on any atom is 0.126 e. The van der Waals surface area contributed by atoms with Gasteiger partial charge in [-0.1, -0.05) is 18.2 Å². The van der Waals surface area contributed by atoms with Crippen LogP contribution in [0.2, 0.25) is 0 Å². The molecule has 0 saturated heterocycles. The maximum atomic E-state index is 13.7. The van der Waals surface area contributed by atoms with Crippen molar-refractivity contribution in [3.05, 3.63) is 64.6 Å². The van der Waals surface area contributed by atoms with Gasteiger partial charge in [0.2, 0.25) is 0 Å². The number of aryl methyl sites for hydroxylation is 1. The molecule has 1 N–H and O–H groups in total. The number of hydrogen-bond donors (Lipinski definition) is 1. The van der Waals surface area contributed by atoms with E-state index in [1.807, 2.05) is 18.3 Å². The molecule has 3 aromatic rings. The first kappa shape index (κ1) is 11.9. The van der Waals surface area contributed by atoms with E-state index >= 15 is 0 Å². The Labute approximate surface area is 111 Å². The maximum absolute atomic E-state index is 13.7. The lowest BCUT2D eigenvalue weighted by molar-refractivity contribution is 0.614. The molecule has 0 fully saturated rings. The Bertz CT molecular complexity index is 744. The van der Waals surface area contributed by atoms with Crippen molar-refractivity contribution in [3.8, 4) is 0 Å². The molecule has 0 amide bonds. The molecule has 0 atom stereocenters.